The number of nitrogens with two attached hydrogens (primary N) is 1. The second kappa shape index (κ2) is 5.27. The van der Waals surface area contributed by atoms with E-state index < -0.39 is 11.9 Å². The van der Waals surface area contributed by atoms with Crippen molar-refractivity contribution in [2.45, 2.75) is 18.9 Å². The van der Waals surface area contributed by atoms with Gasteiger partial charge in [0, 0.05) is 17.3 Å². The number of carbonyl (C=O) groups is 2. The van der Waals surface area contributed by atoms with Crippen LogP contribution in [0, 0.1) is 0 Å². The maximum absolute atomic E-state index is 12.0. The monoisotopic (exact) mass is 267 g/mol. The number of nitrogens with one attached hydrogen (secondary N) is 1. The number of halogens is 1. The van der Waals surface area contributed by atoms with Gasteiger partial charge in [0.05, 0.1) is 0 Å². The minimum atomic E-state index is -0.510. The molecule has 3 N–H and O–H groups in total. The molecule has 1 aliphatic rings. The van der Waals surface area contributed by atoms with Gasteiger partial charge in [-0.1, -0.05) is 17.7 Å². The summed E-state index contributed by atoms with van der Waals surface area (Å²) in [5.41, 5.74) is 5.86. The SMILES string of the molecule is NC(=O)C1CCCN1C(=O)Nc1cccc(Cl)c1. The summed E-state index contributed by atoms with van der Waals surface area (Å²) in [5, 5.41) is 3.25. The Kier molecular flexibility index (Phi) is 3.72. The molecule has 1 fully saturated rings. The van der Waals surface area contributed by atoms with Crippen molar-refractivity contribution < 1.29 is 9.59 Å². The molecule has 1 aromatic carbocycles. The highest BCUT2D eigenvalue weighted by molar-refractivity contribution is 6.30. The maximum atomic E-state index is 12.0. The molecular weight excluding hydrogens is 254 g/mol. The Morgan fingerprint density at radius 1 is 1.44 bits per heavy atom. The number of urea groups is 1. The molecular formula is C12H14ClN3O2. The van der Waals surface area contributed by atoms with E-state index in [9.17, 15) is 9.59 Å². The van der Waals surface area contributed by atoms with Crippen LogP contribution in [0.2, 0.25) is 5.02 Å². The number of primary amides is 1. The van der Waals surface area contributed by atoms with Crippen LogP contribution < -0.4 is 11.1 Å². The molecule has 18 heavy (non-hydrogen) atoms. The van der Waals surface area contributed by atoms with E-state index in [2.05, 4.69) is 5.32 Å². The Labute approximate surface area is 110 Å². The maximum Gasteiger partial charge on any atom is 0.322 e. The fraction of sp³-hybridized carbons (Fsp3) is 0.333. The van der Waals surface area contributed by atoms with Crippen molar-refractivity contribution >= 4 is 29.2 Å². The van der Waals surface area contributed by atoms with Crippen molar-refractivity contribution in [2.24, 2.45) is 5.73 Å². The zero-order valence-corrected chi connectivity index (χ0v) is 10.5. The lowest BCUT2D eigenvalue weighted by atomic mass is 10.2. The Bertz CT molecular complexity index is 478. The number of anilines is 1. The first-order valence-corrected chi connectivity index (χ1v) is 6.08. The van der Waals surface area contributed by atoms with Crippen LogP contribution in [0.15, 0.2) is 24.3 Å². The molecule has 0 bridgehead atoms. The summed E-state index contributed by atoms with van der Waals surface area (Å²) in [5.74, 6) is -0.464. The molecule has 2 rings (SSSR count). The predicted molar refractivity (Wildman–Crippen MR) is 69.4 cm³/mol. The van der Waals surface area contributed by atoms with E-state index in [4.69, 9.17) is 17.3 Å². The van der Waals surface area contributed by atoms with Gasteiger partial charge in [0.1, 0.15) is 6.04 Å². The molecule has 1 unspecified atom stereocenters. The zero-order chi connectivity index (χ0) is 13.1. The Morgan fingerprint density at radius 2 is 2.22 bits per heavy atom. The largest absolute Gasteiger partial charge is 0.368 e. The standard InChI is InChI=1S/C12H14ClN3O2/c13-8-3-1-4-9(7-8)15-12(18)16-6-2-5-10(16)11(14)17/h1,3-4,7,10H,2,5-6H2,(H2,14,17)(H,15,18). The minimum Gasteiger partial charge on any atom is -0.368 e. The highest BCUT2D eigenvalue weighted by atomic mass is 35.5. The third-order valence-corrected chi connectivity index (χ3v) is 3.15. The number of hydrogen-bond donors (Lipinski definition) is 2. The average molecular weight is 268 g/mol. The minimum absolute atomic E-state index is 0.321. The lowest BCUT2D eigenvalue weighted by molar-refractivity contribution is -0.121. The van der Waals surface area contributed by atoms with Crippen molar-refractivity contribution in [2.75, 3.05) is 11.9 Å². The molecule has 1 aliphatic heterocycles. The molecule has 0 saturated carbocycles. The first kappa shape index (κ1) is 12.7. The van der Waals surface area contributed by atoms with Crippen molar-refractivity contribution in [3.63, 3.8) is 0 Å². The molecule has 6 heteroatoms. The number of nitrogens with zero attached hydrogens (tertiary/aromatic N) is 1. The number of carbonyl (C=O) groups excluding carboxylic acids is 2. The van der Waals surface area contributed by atoms with Gasteiger partial charge in [-0.05, 0) is 31.0 Å². The van der Waals surface area contributed by atoms with E-state index in [0.717, 1.165) is 6.42 Å². The van der Waals surface area contributed by atoms with E-state index in [0.29, 0.717) is 23.7 Å². The topological polar surface area (TPSA) is 75.4 Å². The van der Waals surface area contributed by atoms with Crippen molar-refractivity contribution in [3.8, 4) is 0 Å². The van der Waals surface area contributed by atoms with Crippen LogP contribution >= 0.6 is 11.6 Å². The van der Waals surface area contributed by atoms with Gasteiger partial charge in [-0.25, -0.2) is 4.79 Å². The van der Waals surface area contributed by atoms with E-state index in [1.54, 1.807) is 24.3 Å². The van der Waals surface area contributed by atoms with Gasteiger partial charge < -0.3 is 16.0 Å². The van der Waals surface area contributed by atoms with Crippen LogP contribution in [-0.2, 0) is 4.79 Å². The average Bonchev–Trinajstić information content (AvgIpc) is 2.77. The van der Waals surface area contributed by atoms with Gasteiger partial charge in [0.2, 0.25) is 5.91 Å². The van der Waals surface area contributed by atoms with E-state index >= 15 is 0 Å². The molecule has 1 atom stereocenters. The fourth-order valence-corrected chi connectivity index (χ4v) is 2.26. The number of amides is 3. The smallest absolute Gasteiger partial charge is 0.322 e. The molecule has 96 valence electrons. The van der Waals surface area contributed by atoms with Gasteiger partial charge in [-0.15, -0.1) is 0 Å². The van der Waals surface area contributed by atoms with Crippen molar-refractivity contribution in [1.29, 1.82) is 0 Å². The normalized spacial score (nSPS) is 18.7. The fourth-order valence-electron chi connectivity index (χ4n) is 2.07. The molecule has 0 aliphatic carbocycles. The third kappa shape index (κ3) is 2.73. The third-order valence-electron chi connectivity index (χ3n) is 2.92. The van der Waals surface area contributed by atoms with Crippen molar-refractivity contribution in [3.05, 3.63) is 29.3 Å². The summed E-state index contributed by atoms with van der Waals surface area (Å²) >= 11 is 5.83. The quantitative estimate of drug-likeness (QED) is 0.858. The van der Waals surface area contributed by atoms with Crippen LogP contribution in [0.25, 0.3) is 0 Å². The molecule has 0 aromatic heterocycles. The van der Waals surface area contributed by atoms with Gasteiger partial charge in [-0.2, -0.15) is 0 Å². The van der Waals surface area contributed by atoms with Gasteiger partial charge in [0.25, 0.3) is 0 Å². The van der Waals surface area contributed by atoms with Crippen molar-refractivity contribution in [1.82, 2.24) is 4.90 Å². The number of rotatable bonds is 2. The molecule has 5 nitrogen and oxygen atoms in total. The Balaban J connectivity index is 2.06. The van der Waals surface area contributed by atoms with Crippen LogP contribution in [0.1, 0.15) is 12.8 Å². The van der Waals surface area contributed by atoms with Crippen LogP contribution in [-0.4, -0.2) is 29.4 Å². The number of likely N-dealkylation sites (tertiary alicyclic amines) is 1. The van der Waals surface area contributed by atoms with Gasteiger partial charge >= 0.3 is 6.03 Å². The summed E-state index contributed by atoms with van der Waals surface area (Å²) in [6.45, 7) is 0.542. The van der Waals surface area contributed by atoms with E-state index in [1.165, 1.54) is 4.90 Å². The molecule has 1 aromatic rings. The van der Waals surface area contributed by atoms with Crippen LogP contribution in [0.3, 0.4) is 0 Å². The van der Waals surface area contributed by atoms with Crippen LogP contribution in [0.5, 0.6) is 0 Å². The highest BCUT2D eigenvalue weighted by Crippen LogP contribution is 2.20. The summed E-state index contributed by atoms with van der Waals surface area (Å²) in [7, 11) is 0. The zero-order valence-electron chi connectivity index (χ0n) is 9.73. The van der Waals surface area contributed by atoms with E-state index in [1.807, 2.05) is 0 Å². The molecule has 3 amide bonds. The summed E-state index contributed by atoms with van der Waals surface area (Å²) in [6.07, 6.45) is 1.41. The Hall–Kier alpha value is -1.75. The lowest BCUT2D eigenvalue weighted by Gasteiger charge is -2.22. The first-order chi connectivity index (χ1) is 8.58. The number of benzene rings is 1. The molecule has 1 heterocycles. The van der Waals surface area contributed by atoms with E-state index in [-0.39, 0.29) is 6.03 Å². The molecule has 1 saturated heterocycles. The summed E-state index contributed by atoms with van der Waals surface area (Å²) in [6, 6.07) is 6.02. The second-order valence-corrected chi connectivity index (χ2v) is 4.63. The second-order valence-electron chi connectivity index (χ2n) is 4.19. The lowest BCUT2D eigenvalue weighted by Crippen LogP contribution is -2.45. The molecule has 0 radical (unpaired) electrons. The molecule has 0 spiro atoms. The summed E-state index contributed by atoms with van der Waals surface area (Å²) in [4.78, 5) is 24.7. The van der Waals surface area contributed by atoms with Gasteiger partial charge in [-0.3, -0.25) is 4.79 Å². The highest BCUT2D eigenvalue weighted by Gasteiger charge is 2.32. The first-order valence-electron chi connectivity index (χ1n) is 5.70. The van der Waals surface area contributed by atoms with Crippen LogP contribution in [0.4, 0.5) is 10.5 Å². The predicted octanol–water partition coefficient (Wildman–Crippen LogP) is 1.82. The Morgan fingerprint density at radius 3 is 2.89 bits per heavy atom. The summed E-state index contributed by atoms with van der Waals surface area (Å²) < 4.78 is 0. The number of hydrogen-bond acceptors (Lipinski definition) is 2. The van der Waals surface area contributed by atoms with Gasteiger partial charge in [0.15, 0.2) is 0 Å².